The molecule has 1 amide bonds. The maximum atomic E-state index is 12.2. The van der Waals surface area contributed by atoms with E-state index < -0.39 is 17.7 Å². The van der Waals surface area contributed by atoms with E-state index in [1.54, 1.807) is 0 Å². The molecule has 0 aliphatic rings. The van der Waals surface area contributed by atoms with Crippen molar-refractivity contribution >= 4 is 29.5 Å². The van der Waals surface area contributed by atoms with E-state index in [-0.39, 0.29) is 5.92 Å². The summed E-state index contributed by atoms with van der Waals surface area (Å²) >= 11 is 7.62. The summed E-state index contributed by atoms with van der Waals surface area (Å²) in [5.41, 5.74) is 0.402. The highest BCUT2D eigenvalue weighted by Crippen LogP contribution is 2.27. The number of rotatable bonds is 6. The molecule has 0 aliphatic carbocycles. The molecule has 0 unspecified atom stereocenters. The van der Waals surface area contributed by atoms with E-state index in [4.69, 9.17) is 22.2 Å². The summed E-state index contributed by atoms with van der Waals surface area (Å²) in [6.07, 6.45) is -0.519. The van der Waals surface area contributed by atoms with Crippen LogP contribution in [0.5, 0.6) is 0 Å². The van der Waals surface area contributed by atoms with Gasteiger partial charge >= 0.3 is 6.09 Å². The fourth-order valence-corrected chi connectivity index (χ4v) is 3.47. The summed E-state index contributed by atoms with van der Waals surface area (Å²) in [5.74, 6) is 7.32. The van der Waals surface area contributed by atoms with Gasteiger partial charge in [-0.15, -0.1) is 10.2 Å². The highest BCUT2D eigenvalue weighted by molar-refractivity contribution is 7.98. The summed E-state index contributed by atoms with van der Waals surface area (Å²) in [6.45, 7) is 9.37. The van der Waals surface area contributed by atoms with Crippen LogP contribution in [-0.4, -0.2) is 26.6 Å². The first kappa shape index (κ1) is 21.4. The number of alkyl carbamates (subject to hydrolysis) is 1. The van der Waals surface area contributed by atoms with Gasteiger partial charge in [0.2, 0.25) is 5.16 Å². The number of hydrogen-bond acceptors (Lipinski definition) is 6. The van der Waals surface area contributed by atoms with Crippen molar-refractivity contribution in [2.24, 2.45) is 5.92 Å². The Morgan fingerprint density at radius 2 is 2.00 bits per heavy atom. The summed E-state index contributed by atoms with van der Waals surface area (Å²) < 4.78 is 6.74. The Labute approximate surface area is 169 Å². The number of aromatic nitrogens is 3. The first-order chi connectivity index (χ1) is 12.6. The van der Waals surface area contributed by atoms with Crippen molar-refractivity contribution in [3.63, 3.8) is 0 Å². The van der Waals surface area contributed by atoms with Gasteiger partial charge in [0.1, 0.15) is 5.60 Å². The van der Waals surface area contributed by atoms with Crippen molar-refractivity contribution in [3.05, 3.63) is 40.7 Å². The summed E-state index contributed by atoms with van der Waals surface area (Å²) in [6, 6.07) is 7.19. The van der Waals surface area contributed by atoms with Crippen LogP contribution >= 0.6 is 23.4 Å². The van der Waals surface area contributed by atoms with Crippen molar-refractivity contribution in [2.45, 2.75) is 57.2 Å². The molecule has 2 rings (SSSR count). The lowest BCUT2D eigenvalue weighted by Crippen LogP contribution is -2.38. The Bertz CT molecular complexity index is 788. The lowest BCUT2D eigenvalue weighted by Gasteiger charge is -2.25. The number of carbonyl (C=O) groups excluding carboxylic acids is 1. The number of hydrogen-bond donors (Lipinski definition) is 2. The summed E-state index contributed by atoms with van der Waals surface area (Å²) in [7, 11) is 0. The Morgan fingerprint density at radius 1 is 1.33 bits per heavy atom. The Kier molecular flexibility index (Phi) is 7.00. The van der Waals surface area contributed by atoms with Crippen molar-refractivity contribution in [1.29, 1.82) is 0 Å². The second kappa shape index (κ2) is 8.84. The predicted molar refractivity (Wildman–Crippen MR) is 108 cm³/mol. The predicted octanol–water partition coefficient (Wildman–Crippen LogP) is 4.16. The van der Waals surface area contributed by atoms with E-state index in [9.17, 15) is 4.79 Å². The van der Waals surface area contributed by atoms with Crippen molar-refractivity contribution in [2.75, 3.05) is 5.84 Å². The Morgan fingerprint density at radius 3 is 2.59 bits per heavy atom. The van der Waals surface area contributed by atoms with Gasteiger partial charge in [-0.25, -0.2) is 9.47 Å². The molecule has 9 heteroatoms. The Hall–Kier alpha value is -1.93. The van der Waals surface area contributed by atoms with Crippen molar-refractivity contribution in [1.82, 2.24) is 20.2 Å². The fourth-order valence-electron chi connectivity index (χ4n) is 2.32. The van der Waals surface area contributed by atoms with Crippen molar-refractivity contribution < 1.29 is 9.53 Å². The molecule has 0 aliphatic heterocycles. The monoisotopic (exact) mass is 411 g/mol. The molecule has 0 saturated heterocycles. The van der Waals surface area contributed by atoms with Crippen LogP contribution in [0.2, 0.25) is 5.02 Å². The van der Waals surface area contributed by atoms with E-state index >= 15 is 0 Å². The zero-order chi connectivity index (χ0) is 20.2. The highest BCUT2D eigenvalue weighted by atomic mass is 35.5. The van der Waals surface area contributed by atoms with Gasteiger partial charge in [-0.1, -0.05) is 55.4 Å². The van der Waals surface area contributed by atoms with Crippen LogP contribution in [0, 0.1) is 5.92 Å². The van der Waals surface area contributed by atoms with Gasteiger partial charge in [-0.2, -0.15) is 0 Å². The summed E-state index contributed by atoms with van der Waals surface area (Å²) in [5, 5.41) is 12.4. The first-order valence-electron chi connectivity index (χ1n) is 8.64. The molecule has 7 nitrogen and oxygen atoms in total. The number of nitrogen functional groups attached to an aromatic ring is 1. The van der Waals surface area contributed by atoms with Gasteiger partial charge in [0.05, 0.1) is 6.04 Å². The number of nitrogens with one attached hydrogen (secondary N) is 1. The smallest absolute Gasteiger partial charge is 0.408 e. The molecule has 1 heterocycles. The topological polar surface area (TPSA) is 95.1 Å². The molecule has 0 bridgehead atoms. The fraction of sp³-hybridized carbons (Fsp3) is 0.500. The van der Waals surface area contributed by atoms with Gasteiger partial charge in [0.15, 0.2) is 5.82 Å². The molecule has 0 radical (unpaired) electrons. The van der Waals surface area contributed by atoms with Gasteiger partial charge < -0.3 is 15.9 Å². The second-order valence-electron chi connectivity index (χ2n) is 7.46. The van der Waals surface area contributed by atoms with E-state index in [0.717, 1.165) is 5.56 Å². The van der Waals surface area contributed by atoms with Crippen LogP contribution in [0.15, 0.2) is 29.4 Å². The van der Waals surface area contributed by atoms with Gasteiger partial charge in [-0.3, -0.25) is 0 Å². The zero-order valence-electron chi connectivity index (χ0n) is 16.2. The highest BCUT2D eigenvalue weighted by Gasteiger charge is 2.27. The van der Waals surface area contributed by atoms with E-state index in [1.165, 1.54) is 16.4 Å². The summed E-state index contributed by atoms with van der Waals surface area (Å²) in [4.78, 5) is 12.2. The number of carbonyl (C=O) groups is 1. The third-order valence-corrected chi connectivity index (χ3v) is 4.98. The number of thioether (sulfide) groups is 1. The molecule has 27 heavy (non-hydrogen) atoms. The normalized spacial score (nSPS) is 12.9. The molecule has 148 valence electrons. The van der Waals surface area contributed by atoms with Crippen LogP contribution in [0.25, 0.3) is 0 Å². The average Bonchev–Trinajstić information content (AvgIpc) is 2.90. The number of nitrogens with two attached hydrogens (primary N) is 1. The number of benzene rings is 1. The molecule has 3 N–H and O–H groups in total. The van der Waals surface area contributed by atoms with Crippen molar-refractivity contribution in [3.8, 4) is 0 Å². The van der Waals surface area contributed by atoms with Gasteiger partial charge in [0, 0.05) is 10.8 Å². The van der Waals surface area contributed by atoms with Crippen LogP contribution in [-0.2, 0) is 10.5 Å². The first-order valence-corrected chi connectivity index (χ1v) is 10.0. The molecule has 0 spiro atoms. The zero-order valence-corrected chi connectivity index (χ0v) is 17.8. The molecule has 0 fully saturated rings. The van der Waals surface area contributed by atoms with Crippen LogP contribution in [0.4, 0.5) is 4.79 Å². The maximum absolute atomic E-state index is 12.2. The SMILES string of the molecule is CC(C)[C@H](NC(=O)OC(C)(C)C)c1nnc(SCc2ccccc2Cl)n1N. The molecule has 1 atom stereocenters. The van der Waals surface area contributed by atoms with E-state index in [2.05, 4.69) is 15.5 Å². The molecule has 2 aromatic rings. The van der Waals surface area contributed by atoms with E-state index in [0.29, 0.717) is 21.8 Å². The minimum Gasteiger partial charge on any atom is -0.444 e. The number of amides is 1. The average molecular weight is 412 g/mol. The molecular formula is C18H26ClN5O2S. The van der Waals surface area contributed by atoms with Gasteiger partial charge in [-0.05, 0) is 38.3 Å². The number of halogens is 1. The maximum Gasteiger partial charge on any atom is 0.408 e. The lowest BCUT2D eigenvalue weighted by molar-refractivity contribution is 0.0485. The van der Waals surface area contributed by atoms with Crippen LogP contribution in [0.1, 0.15) is 52.0 Å². The number of nitrogens with zero attached hydrogens (tertiary/aromatic N) is 3. The largest absolute Gasteiger partial charge is 0.444 e. The molecular weight excluding hydrogens is 386 g/mol. The van der Waals surface area contributed by atoms with E-state index in [1.807, 2.05) is 58.9 Å². The molecule has 1 aromatic carbocycles. The third kappa shape index (κ3) is 6.04. The Balaban J connectivity index is 2.12. The minimum absolute atomic E-state index is 0.0467. The number of ether oxygens (including phenoxy) is 1. The molecule has 1 aromatic heterocycles. The minimum atomic E-state index is -0.585. The quantitative estimate of drug-likeness (QED) is 0.547. The standard InChI is InChI=1S/C18H26ClN5O2S/c1-11(2)14(21-17(25)26-18(3,4)5)15-22-23-16(24(15)20)27-10-12-8-6-7-9-13(12)19/h6-9,11,14H,10,20H2,1-5H3,(H,21,25)/t14-/m0/s1. The third-order valence-electron chi connectivity index (χ3n) is 3.62. The second-order valence-corrected chi connectivity index (χ2v) is 8.81. The van der Waals surface area contributed by atoms with Crippen LogP contribution < -0.4 is 11.2 Å². The van der Waals surface area contributed by atoms with Gasteiger partial charge in [0.25, 0.3) is 0 Å². The molecule has 0 saturated carbocycles. The van der Waals surface area contributed by atoms with Crippen LogP contribution in [0.3, 0.4) is 0 Å². The lowest BCUT2D eigenvalue weighted by atomic mass is 10.0.